The molecule has 1 N–H and O–H groups in total. The molecule has 1 aliphatic carbocycles. The van der Waals surface area contributed by atoms with Crippen LogP contribution < -0.4 is 10.1 Å². The predicted octanol–water partition coefficient (Wildman–Crippen LogP) is 4.13. The van der Waals surface area contributed by atoms with Crippen LogP contribution in [0.2, 0.25) is 0 Å². The minimum atomic E-state index is -0.0828. The molecule has 0 radical (unpaired) electrons. The van der Waals surface area contributed by atoms with E-state index in [1.54, 1.807) is 7.11 Å². The van der Waals surface area contributed by atoms with Gasteiger partial charge in [-0.05, 0) is 25.0 Å². The third kappa shape index (κ3) is 3.14. The first kappa shape index (κ1) is 16.1. The van der Waals surface area contributed by atoms with E-state index in [0.717, 1.165) is 34.8 Å². The summed E-state index contributed by atoms with van der Waals surface area (Å²) in [7, 11) is 1.65. The molecule has 3 aromatic rings. The molecule has 2 aromatic heterocycles. The van der Waals surface area contributed by atoms with Crippen molar-refractivity contribution in [2.24, 2.45) is 0 Å². The van der Waals surface area contributed by atoms with E-state index < -0.39 is 0 Å². The molecule has 1 aromatic carbocycles. The normalized spacial score (nSPS) is 15.4. The number of hydrogen-bond acceptors (Lipinski definition) is 4. The molecular weight excluding hydrogens is 334 g/mol. The van der Waals surface area contributed by atoms with Crippen LogP contribution in [0.1, 0.15) is 42.6 Å². The monoisotopic (exact) mass is 355 g/mol. The number of nitrogens with one attached hydrogen (secondary N) is 1. The number of benzene rings is 1. The fraction of sp³-hybridized carbons (Fsp3) is 0.368. The number of hydrogen-bond donors (Lipinski definition) is 1. The van der Waals surface area contributed by atoms with E-state index in [9.17, 15) is 4.79 Å². The second-order valence-corrected chi connectivity index (χ2v) is 7.28. The Balaban J connectivity index is 1.73. The van der Waals surface area contributed by atoms with E-state index in [4.69, 9.17) is 4.74 Å². The molecule has 0 aliphatic heterocycles. The van der Waals surface area contributed by atoms with Gasteiger partial charge in [-0.3, -0.25) is 9.20 Å². The Labute approximate surface area is 150 Å². The summed E-state index contributed by atoms with van der Waals surface area (Å²) in [6.45, 7) is 0. The average Bonchev–Trinajstić information content (AvgIpc) is 3.23. The molecule has 0 spiro atoms. The lowest BCUT2D eigenvalue weighted by molar-refractivity contribution is 0.0924. The molecular formula is C19H21N3O2S. The fourth-order valence-corrected chi connectivity index (χ4v) is 4.20. The van der Waals surface area contributed by atoms with Crippen molar-refractivity contribution in [1.82, 2.24) is 14.7 Å². The van der Waals surface area contributed by atoms with E-state index >= 15 is 0 Å². The maximum absolute atomic E-state index is 12.9. The molecule has 1 amide bonds. The zero-order valence-corrected chi connectivity index (χ0v) is 15.0. The van der Waals surface area contributed by atoms with Crippen molar-refractivity contribution in [2.45, 2.75) is 38.1 Å². The summed E-state index contributed by atoms with van der Waals surface area (Å²) in [6.07, 6.45) is 7.71. The van der Waals surface area contributed by atoms with Gasteiger partial charge in [0.25, 0.3) is 5.91 Å². The lowest BCUT2D eigenvalue weighted by Gasteiger charge is -2.22. The Morgan fingerprint density at radius 2 is 2.16 bits per heavy atom. The zero-order valence-electron chi connectivity index (χ0n) is 14.2. The molecule has 0 saturated heterocycles. The van der Waals surface area contributed by atoms with Gasteiger partial charge in [-0.25, -0.2) is 4.98 Å². The Morgan fingerprint density at radius 3 is 2.96 bits per heavy atom. The number of imidazole rings is 1. The molecule has 2 heterocycles. The molecule has 6 heteroatoms. The number of ether oxygens (including phenoxy) is 1. The van der Waals surface area contributed by atoms with Crippen LogP contribution in [0.5, 0.6) is 5.75 Å². The second-order valence-electron chi connectivity index (χ2n) is 6.40. The summed E-state index contributed by atoms with van der Waals surface area (Å²) < 4.78 is 7.32. The summed E-state index contributed by atoms with van der Waals surface area (Å²) in [5.41, 5.74) is 2.24. The molecule has 1 fully saturated rings. The van der Waals surface area contributed by atoms with Crippen molar-refractivity contribution in [3.05, 3.63) is 41.5 Å². The van der Waals surface area contributed by atoms with E-state index in [1.807, 2.05) is 40.2 Å². The number of fused-ring (bicyclic) bond motifs is 1. The first-order valence-corrected chi connectivity index (χ1v) is 9.55. The highest BCUT2D eigenvalue weighted by atomic mass is 32.1. The second kappa shape index (κ2) is 6.88. The van der Waals surface area contributed by atoms with E-state index in [1.165, 1.54) is 30.6 Å². The summed E-state index contributed by atoms with van der Waals surface area (Å²) in [5.74, 6) is 0.682. The summed E-state index contributed by atoms with van der Waals surface area (Å²) in [6, 6.07) is 8.03. The number of aromatic nitrogens is 2. The van der Waals surface area contributed by atoms with Crippen LogP contribution in [0.15, 0.2) is 35.8 Å². The van der Waals surface area contributed by atoms with Crippen LogP contribution in [-0.2, 0) is 0 Å². The third-order valence-electron chi connectivity index (χ3n) is 4.76. The van der Waals surface area contributed by atoms with Gasteiger partial charge < -0.3 is 10.1 Å². The van der Waals surface area contributed by atoms with Gasteiger partial charge in [0.15, 0.2) is 10.7 Å². The minimum Gasteiger partial charge on any atom is -0.497 e. The van der Waals surface area contributed by atoms with Crippen LogP contribution in [0.4, 0.5) is 0 Å². The van der Waals surface area contributed by atoms with Gasteiger partial charge in [-0.1, -0.05) is 31.4 Å². The van der Waals surface area contributed by atoms with Crippen LogP contribution >= 0.6 is 11.3 Å². The summed E-state index contributed by atoms with van der Waals surface area (Å²) in [4.78, 5) is 18.3. The fourth-order valence-electron chi connectivity index (χ4n) is 3.49. The first-order valence-electron chi connectivity index (χ1n) is 8.67. The number of methoxy groups -OCH3 is 1. The van der Waals surface area contributed by atoms with E-state index in [2.05, 4.69) is 10.3 Å². The smallest absolute Gasteiger partial charge is 0.272 e. The molecule has 5 nitrogen and oxygen atoms in total. The summed E-state index contributed by atoms with van der Waals surface area (Å²) >= 11 is 1.53. The number of amides is 1. The van der Waals surface area contributed by atoms with E-state index in [0.29, 0.717) is 5.69 Å². The number of thiazole rings is 1. The van der Waals surface area contributed by atoms with Crippen LogP contribution in [0.25, 0.3) is 16.2 Å². The molecule has 25 heavy (non-hydrogen) atoms. The van der Waals surface area contributed by atoms with E-state index in [-0.39, 0.29) is 11.9 Å². The van der Waals surface area contributed by atoms with Crippen molar-refractivity contribution >= 4 is 22.2 Å². The molecule has 130 valence electrons. The van der Waals surface area contributed by atoms with Gasteiger partial charge in [0, 0.05) is 23.2 Å². The highest BCUT2D eigenvalue weighted by Gasteiger charge is 2.24. The summed E-state index contributed by atoms with van der Waals surface area (Å²) in [5, 5.41) is 5.16. The van der Waals surface area contributed by atoms with Gasteiger partial charge >= 0.3 is 0 Å². The highest BCUT2D eigenvalue weighted by molar-refractivity contribution is 7.15. The third-order valence-corrected chi connectivity index (χ3v) is 5.52. The van der Waals surface area contributed by atoms with Gasteiger partial charge in [0.2, 0.25) is 0 Å². The number of nitrogens with zero attached hydrogens (tertiary/aromatic N) is 2. The Morgan fingerprint density at radius 1 is 1.32 bits per heavy atom. The first-order chi connectivity index (χ1) is 12.3. The molecule has 1 saturated carbocycles. The van der Waals surface area contributed by atoms with Crippen molar-refractivity contribution in [3.8, 4) is 17.0 Å². The standard InChI is InChI=1S/C19H21N3O2S/c1-24-15-9-5-6-13(12-15)17-16(21-19-22(17)10-11-25-19)18(23)20-14-7-3-2-4-8-14/h5-6,9-12,14H,2-4,7-8H2,1H3,(H,20,23). The molecule has 0 unspecified atom stereocenters. The maximum atomic E-state index is 12.9. The number of carbonyl (C=O) groups excluding carboxylic acids is 1. The Bertz CT molecular complexity index is 893. The molecule has 0 atom stereocenters. The van der Waals surface area contributed by atoms with Gasteiger partial charge in [0.05, 0.1) is 12.8 Å². The lowest BCUT2D eigenvalue weighted by Crippen LogP contribution is -2.36. The van der Waals surface area contributed by atoms with Gasteiger partial charge in [-0.2, -0.15) is 0 Å². The lowest BCUT2D eigenvalue weighted by atomic mass is 9.95. The predicted molar refractivity (Wildman–Crippen MR) is 99.4 cm³/mol. The van der Waals surface area contributed by atoms with Crippen LogP contribution in [-0.4, -0.2) is 28.4 Å². The largest absolute Gasteiger partial charge is 0.497 e. The maximum Gasteiger partial charge on any atom is 0.272 e. The molecule has 0 bridgehead atoms. The Hall–Kier alpha value is -2.34. The number of carbonyl (C=O) groups is 1. The zero-order chi connectivity index (χ0) is 17.2. The van der Waals surface area contributed by atoms with Crippen LogP contribution in [0, 0.1) is 0 Å². The van der Waals surface area contributed by atoms with Crippen molar-refractivity contribution < 1.29 is 9.53 Å². The van der Waals surface area contributed by atoms with Gasteiger partial charge in [0.1, 0.15) is 5.75 Å². The minimum absolute atomic E-state index is 0.0828. The molecule has 1 aliphatic rings. The van der Waals surface area contributed by atoms with Gasteiger partial charge in [-0.15, -0.1) is 11.3 Å². The van der Waals surface area contributed by atoms with Crippen molar-refractivity contribution in [2.75, 3.05) is 7.11 Å². The SMILES string of the molecule is COc1cccc(-c2c(C(=O)NC3CCCCC3)nc3sccn23)c1. The highest BCUT2D eigenvalue weighted by Crippen LogP contribution is 2.30. The van der Waals surface area contributed by atoms with Crippen molar-refractivity contribution in [1.29, 1.82) is 0 Å². The molecule has 4 rings (SSSR count). The number of rotatable bonds is 4. The Kier molecular flexibility index (Phi) is 4.44. The average molecular weight is 355 g/mol. The quantitative estimate of drug-likeness (QED) is 0.765. The van der Waals surface area contributed by atoms with Crippen molar-refractivity contribution in [3.63, 3.8) is 0 Å². The van der Waals surface area contributed by atoms with Crippen LogP contribution in [0.3, 0.4) is 0 Å². The topological polar surface area (TPSA) is 55.6 Å².